The first-order valence-electron chi connectivity index (χ1n) is 6.32. The van der Waals surface area contributed by atoms with Gasteiger partial charge in [-0.1, -0.05) is 12.1 Å². The molecule has 1 spiro atoms. The van der Waals surface area contributed by atoms with Crippen LogP contribution in [0.25, 0.3) is 0 Å². The summed E-state index contributed by atoms with van der Waals surface area (Å²) >= 11 is 0. The van der Waals surface area contributed by atoms with Crippen molar-refractivity contribution >= 4 is 5.91 Å². The lowest BCUT2D eigenvalue weighted by atomic mass is 10.0. The fourth-order valence-electron chi connectivity index (χ4n) is 2.92. The molecule has 0 radical (unpaired) electrons. The Hall–Kier alpha value is -1.86. The minimum Gasteiger partial charge on any atom is -0.336 e. The average Bonchev–Trinajstić information content (AvgIpc) is 2.97. The van der Waals surface area contributed by atoms with Crippen LogP contribution >= 0.6 is 0 Å². The minimum absolute atomic E-state index is 0.0432. The Morgan fingerprint density at radius 1 is 1.22 bits per heavy atom. The Bertz CT molecular complexity index is 509. The van der Waals surface area contributed by atoms with Crippen molar-refractivity contribution < 1.29 is 4.79 Å². The zero-order valence-corrected chi connectivity index (χ0v) is 10.1. The van der Waals surface area contributed by atoms with Gasteiger partial charge in [-0.2, -0.15) is 5.26 Å². The maximum Gasteiger partial charge on any atom is 0.243 e. The fraction of sp³-hybridized carbons (Fsp3) is 0.429. The molecule has 18 heavy (non-hydrogen) atoms. The fourth-order valence-corrected chi connectivity index (χ4v) is 2.92. The molecule has 2 aliphatic rings. The molecule has 0 unspecified atom stereocenters. The second-order valence-electron chi connectivity index (χ2n) is 5.09. The number of amides is 1. The number of rotatable bonds is 1. The monoisotopic (exact) mass is 241 g/mol. The van der Waals surface area contributed by atoms with Crippen LogP contribution < -0.4 is 10.6 Å². The topological polar surface area (TPSA) is 64.9 Å². The summed E-state index contributed by atoms with van der Waals surface area (Å²) in [4.78, 5) is 12.1. The van der Waals surface area contributed by atoms with Crippen LogP contribution in [-0.2, 0) is 4.79 Å². The van der Waals surface area contributed by atoms with E-state index in [-0.39, 0.29) is 17.6 Å². The lowest BCUT2D eigenvalue weighted by Gasteiger charge is -2.23. The molecule has 2 N–H and O–H groups in total. The third-order valence-corrected chi connectivity index (χ3v) is 3.88. The van der Waals surface area contributed by atoms with Gasteiger partial charge in [0.25, 0.3) is 0 Å². The van der Waals surface area contributed by atoms with Crippen molar-refractivity contribution in [3.8, 4) is 6.07 Å². The van der Waals surface area contributed by atoms with Gasteiger partial charge < -0.3 is 5.32 Å². The van der Waals surface area contributed by atoms with E-state index >= 15 is 0 Å². The molecule has 1 atom stereocenters. The van der Waals surface area contributed by atoms with Crippen LogP contribution in [0.15, 0.2) is 24.3 Å². The maximum absolute atomic E-state index is 12.1. The van der Waals surface area contributed by atoms with Crippen molar-refractivity contribution in [2.45, 2.75) is 37.4 Å². The molecule has 4 nitrogen and oxygen atoms in total. The lowest BCUT2D eigenvalue weighted by molar-refractivity contribution is -0.121. The molecule has 1 aromatic rings. The van der Waals surface area contributed by atoms with Crippen molar-refractivity contribution in [2.75, 3.05) is 0 Å². The second kappa shape index (κ2) is 4.11. The summed E-state index contributed by atoms with van der Waals surface area (Å²) in [6, 6.07) is 9.01. The van der Waals surface area contributed by atoms with Gasteiger partial charge in [-0.25, -0.2) is 0 Å². The van der Waals surface area contributed by atoms with Gasteiger partial charge in [0.05, 0.1) is 17.3 Å². The van der Waals surface area contributed by atoms with E-state index in [0.717, 1.165) is 31.2 Å². The highest BCUT2D eigenvalue weighted by atomic mass is 16.2. The predicted octanol–water partition coefficient (Wildman–Crippen LogP) is 1.59. The van der Waals surface area contributed by atoms with Crippen molar-refractivity contribution in [3.05, 3.63) is 35.4 Å². The van der Waals surface area contributed by atoms with Crippen LogP contribution in [0.5, 0.6) is 0 Å². The third-order valence-electron chi connectivity index (χ3n) is 3.88. The summed E-state index contributed by atoms with van der Waals surface area (Å²) in [6.45, 7) is 0. The van der Waals surface area contributed by atoms with Crippen molar-refractivity contribution in [1.29, 1.82) is 5.26 Å². The van der Waals surface area contributed by atoms with Crippen LogP contribution in [0, 0.1) is 11.3 Å². The molecule has 1 saturated heterocycles. The average molecular weight is 241 g/mol. The van der Waals surface area contributed by atoms with Gasteiger partial charge >= 0.3 is 0 Å². The van der Waals surface area contributed by atoms with E-state index in [1.165, 1.54) is 0 Å². The first-order chi connectivity index (χ1) is 8.72. The number of hydrogen-bond donors (Lipinski definition) is 2. The highest BCUT2D eigenvalue weighted by Crippen LogP contribution is 2.34. The summed E-state index contributed by atoms with van der Waals surface area (Å²) in [5.74, 6) is 0.0432. The van der Waals surface area contributed by atoms with E-state index in [2.05, 4.69) is 16.7 Å². The molecule has 1 aliphatic heterocycles. The van der Waals surface area contributed by atoms with Crippen LogP contribution in [-0.4, -0.2) is 11.6 Å². The molecule has 1 heterocycles. The molecular formula is C14H15N3O. The molecule has 4 heteroatoms. The smallest absolute Gasteiger partial charge is 0.243 e. The molecule has 1 aromatic carbocycles. The summed E-state index contributed by atoms with van der Waals surface area (Å²) in [5.41, 5.74) is 1.36. The zero-order chi connectivity index (χ0) is 12.6. The van der Waals surface area contributed by atoms with Crippen LogP contribution in [0.1, 0.15) is 42.9 Å². The summed E-state index contributed by atoms with van der Waals surface area (Å²) < 4.78 is 0. The van der Waals surface area contributed by atoms with Crippen molar-refractivity contribution in [2.24, 2.45) is 0 Å². The van der Waals surface area contributed by atoms with Gasteiger partial charge in [0.1, 0.15) is 6.04 Å². The first kappa shape index (κ1) is 11.2. The van der Waals surface area contributed by atoms with Gasteiger partial charge in [0.2, 0.25) is 5.91 Å². The Balaban J connectivity index is 1.84. The van der Waals surface area contributed by atoms with Gasteiger partial charge in [0, 0.05) is 0 Å². The van der Waals surface area contributed by atoms with E-state index in [0.29, 0.717) is 5.56 Å². The Morgan fingerprint density at radius 2 is 1.89 bits per heavy atom. The van der Waals surface area contributed by atoms with Crippen molar-refractivity contribution in [1.82, 2.24) is 10.6 Å². The maximum atomic E-state index is 12.1. The molecule has 1 amide bonds. The first-order valence-corrected chi connectivity index (χ1v) is 6.32. The largest absolute Gasteiger partial charge is 0.336 e. The molecule has 3 rings (SSSR count). The molecule has 0 aromatic heterocycles. The van der Waals surface area contributed by atoms with Crippen molar-refractivity contribution in [3.63, 3.8) is 0 Å². The number of benzene rings is 1. The lowest BCUT2D eigenvalue weighted by Crippen LogP contribution is -2.46. The van der Waals surface area contributed by atoms with Gasteiger partial charge in [0.15, 0.2) is 0 Å². The van der Waals surface area contributed by atoms with E-state index in [4.69, 9.17) is 5.26 Å². The highest BCUT2D eigenvalue weighted by molar-refractivity contribution is 5.86. The zero-order valence-electron chi connectivity index (χ0n) is 10.1. The molecule has 2 fully saturated rings. The third kappa shape index (κ3) is 1.77. The molecule has 0 bridgehead atoms. The van der Waals surface area contributed by atoms with Crippen LogP contribution in [0.4, 0.5) is 0 Å². The number of hydrogen-bond acceptors (Lipinski definition) is 3. The normalized spacial score (nSPS) is 25.1. The second-order valence-corrected chi connectivity index (χ2v) is 5.09. The molecule has 1 aliphatic carbocycles. The number of nitrogens with zero attached hydrogens (tertiary/aromatic N) is 1. The van der Waals surface area contributed by atoms with Gasteiger partial charge in [-0.15, -0.1) is 0 Å². The van der Waals surface area contributed by atoms with Crippen LogP contribution in [0.3, 0.4) is 0 Å². The van der Waals surface area contributed by atoms with Gasteiger partial charge in [-0.05, 0) is 43.4 Å². The Kier molecular flexibility index (Phi) is 2.57. The number of carbonyl (C=O) groups is 1. The predicted molar refractivity (Wildman–Crippen MR) is 66.4 cm³/mol. The molecular weight excluding hydrogens is 226 g/mol. The SMILES string of the molecule is N#Cc1ccc([C@H]2NC3(CCCC3)NC2=O)cc1. The Labute approximate surface area is 106 Å². The Morgan fingerprint density at radius 3 is 2.50 bits per heavy atom. The van der Waals surface area contributed by atoms with Crippen LogP contribution in [0.2, 0.25) is 0 Å². The molecule has 92 valence electrons. The standard InChI is InChI=1S/C14H15N3O/c15-9-10-3-5-11(6-4-10)12-13(18)17-14(16-12)7-1-2-8-14/h3-6,12,16H,1-2,7-8H2,(H,17,18)/t12-/m1/s1. The van der Waals surface area contributed by atoms with E-state index in [1.54, 1.807) is 12.1 Å². The minimum atomic E-state index is -0.282. The number of nitrogens with one attached hydrogen (secondary N) is 2. The summed E-state index contributed by atoms with van der Waals surface area (Å²) in [7, 11) is 0. The van der Waals surface area contributed by atoms with Gasteiger partial charge in [-0.3, -0.25) is 10.1 Å². The highest BCUT2D eigenvalue weighted by Gasteiger charge is 2.45. The molecule has 1 saturated carbocycles. The van der Waals surface area contributed by atoms with E-state index < -0.39 is 0 Å². The number of carbonyl (C=O) groups excluding carboxylic acids is 1. The van der Waals surface area contributed by atoms with E-state index in [9.17, 15) is 4.79 Å². The summed E-state index contributed by atoms with van der Waals surface area (Å²) in [5, 5.41) is 15.3. The van der Waals surface area contributed by atoms with E-state index in [1.807, 2.05) is 12.1 Å². The summed E-state index contributed by atoms with van der Waals surface area (Å²) in [6.07, 6.45) is 4.33. The quantitative estimate of drug-likeness (QED) is 0.784. The number of nitriles is 1.